The van der Waals surface area contributed by atoms with Crippen LogP contribution in [0.2, 0.25) is 0 Å². The highest BCUT2D eigenvalue weighted by molar-refractivity contribution is 6.35. The first-order valence-electron chi connectivity index (χ1n) is 17.9. The van der Waals surface area contributed by atoms with E-state index in [1.165, 1.54) is 37.7 Å². The van der Waals surface area contributed by atoms with Crippen molar-refractivity contribution in [2.75, 3.05) is 0 Å². The summed E-state index contributed by atoms with van der Waals surface area (Å²) in [6.07, 6.45) is 0. The predicted molar refractivity (Wildman–Crippen MR) is 222 cm³/mol. The zero-order chi connectivity index (χ0) is 35.0. The van der Waals surface area contributed by atoms with Crippen molar-refractivity contribution in [1.29, 1.82) is 5.26 Å². The van der Waals surface area contributed by atoms with Crippen LogP contribution in [0.3, 0.4) is 0 Å². The molecule has 0 amide bonds. The Morgan fingerprint density at radius 1 is 0.415 bits per heavy atom. The molecule has 0 N–H and O–H groups in total. The molecular weight excluding hydrogens is 643 g/mol. The second-order valence-corrected chi connectivity index (χ2v) is 13.8. The summed E-state index contributed by atoms with van der Waals surface area (Å²) in [5.41, 5.74) is 9.17. The number of hydrogen-bond donors (Lipinski definition) is 0. The fourth-order valence-corrected chi connectivity index (χ4v) is 8.59. The largest absolute Gasteiger partial charge is 0.309 e. The highest BCUT2D eigenvalue weighted by atomic mass is 15.0. The fourth-order valence-electron chi connectivity index (χ4n) is 8.59. The van der Waals surface area contributed by atoms with Crippen molar-refractivity contribution in [2.24, 2.45) is 0 Å². The number of nitrogens with zero attached hydrogens (tertiary/aromatic N) is 3. The molecule has 0 atom stereocenters. The Morgan fingerprint density at radius 3 is 1.92 bits per heavy atom. The number of pyridine rings is 1. The van der Waals surface area contributed by atoms with Gasteiger partial charge in [0.1, 0.15) is 0 Å². The van der Waals surface area contributed by atoms with Crippen molar-refractivity contribution < 1.29 is 0 Å². The first-order chi connectivity index (χ1) is 26.2. The van der Waals surface area contributed by atoms with Gasteiger partial charge >= 0.3 is 0 Å². The van der Waals surface area contributed by atoms with Crippen LogP contribution in [0.1, 0.15) is 5.56 Å². The van der Waals surface area contributed by atoms with E-state index in [4.69, 9.17) is 4.98 Å². The highest BCUT2D eigenvalue weighted by Gasteiger charge is 2.19. The van der Waals surface area contributed by atoms with Gasteiger partial charge in [0.05, 0.1) is 33.9 Å². The molecule has 0 radical (unpaired) electrons. The summed E-state index contributed by atoms with van der Waals surface area (Å²) in [7, 11) is 0. The molecule has 0 aliphatic heterocycles. The molecule has 2 heterocycles. The van der Waals surface area contributed by atoms with E-state index < -0.39 is 0 Å². The number of benzene rings is 9. The molecule has 0 spiro atoms. The van der Waals surface area contributed by atoms with Gasteiger partial charge in [-0.25, -0.2) is 4.98 Å². The molecule has 53 heavy (non-hydrogen) atoms. The molecule has 0 saturated carbocycles. The van der Waals surface area contributed by atoms with Crippen molar-refractivity contribution >= 4 is 75.8 Å². The van der Waals surface area contributed by atoms with E-state index in [1.807, 2.05) is 18.2 Å². The van der Waals surface area contributed by atoms with E-state index in [1.54, 1.807) is 0 Å². The molecule has 11 rings (SSSR count). The van der Waals surface area contributed by atoms with Crippen LogP contribution in [-0.2, 0) is 0 Å². The second kappa shape index (κ2) is 11.4. The smallest absolute Gasteiger partial charge is 0.0992 e. The quantitative estimate of drug-likeness (QED) is 0.175. The van der Waals surface area contributed by atoms with Gasteiger partial charge in [-0.15, -0.1) is 0 Å². The van der Waals surface area contributed by atoms with Gasteiger partial charge in [-0.3, -0.25) is 0 Å². The third-order valence-corrected chi connectivity index (χ3v) is 10.9. The van der Waals surface area contributed by atoms with Crippen molar-refractivity contribution in [3.8, 4) is 34.1 Å². The molecule has 3 heteroatoms. The lowest BCUT2D eigenvalue weighted by Gasteiger charge is -2.17. The number of rotatable bonds is 3. The average Bonchev–Trinajstić information content (AvgIpc) is 3.56. The van der Waals surface area contributed by atoms with E-state index in [0.29, 0.717) is 5.56 Å². The Kier molecular flexibility index (Phi) is 6.32. The van der Waals surface area contributed by atoms with Gasteiger partial charge in [-0.2, -0.15) is 5.26 Å². The second-order valence-electron chi connectivity index (χ2n) is 13.8. The summed E-state index contributed by atoms with van der Waals surface area (Å²) < 4.78 is 2.26. The minimum atomic E-state index is 0.647. The van der Waals surface area contributed by atoms with Crippen LogP contribution in [-0.4, -0.2) is 9.55 Å². The molecule has 2 aromatic heterocycles. The first kappa shape index (κ1) is 29.5. The molecular formula is C50H29N3. The zero-order valence-corrected chi connectivity index (χ0v) is 28.6. The van der Waals surface area contributed by atoms with Gasteiger partial charge in [0.15, 0.2) is 0 Å². The molecule has 11 aromatic rings. The van der Waals surface area contributed by atoms with Crippen LogP contribution >= 0.6 is 0 Å². The third-order valence-electron chi connectivity index (χ3n) is 10.9. The number of nitriles is 1. The lowest BCUT2D eigenvalue weighted by molar-refractivity contribution is 1.18. The van der Waals surface area contributed by atoms with Gasteiger partial charge in [0, 0.05) is 43.6 Å². The van der Waals surface area contributed by atoms with Crippen LogP contribution in [0.15, 0.2) is 176 Å². The molecule has 244 valence electrons. The topological polar surface area (TPSA) is 41.6 Å². The monoisotopic (exact) mass is 671 g/mol. The van der Waals surface area contributed by atoms with Crippen molar-refractivity contribution in [3.63, 3.8) is 0 Å². The summed E-state index contributed by atoms with van der Waals surface area (Å²) in [5, 5.41) is 22.9. The first-order valence-corrected chi connectivity index (χ1v) is 17.9. The summed E-state index contributed by atoms with van der Waals surface area (Å²) in [4.78, 5) is 5.61. The Balaban J connectivity index is 1.18. The lowest BCUT2D eigenvalue weighted by Crippen LogP contribution is -1.94. The summed E-state index contributed by atoms with van der Waals surface area (Å²) >= 11 is 0. The van der Waals surface area contributed by atoms with Crippen LogP contribution in [0.4, 0.5) is 0 Å². The van der Waals surface area contributed by atoms with E-state index in [-0.39, 0.29) is 0 Å². The number of hydrogen-bond acceptors (Lipinski definition) is 2. The van der Waals surface area contributed by atoms with Crippen LogP contribution in [0, 0.1) is 11.3 Å². The Morgan fingerprint density at radius 2 is 1.09 bits per heavy atom. The van der Waals surface area contributed by atoms with E-state index in [9.17, 15) is 5.26 Å². The van der Waals surface area contributed by atoms with Crippen molar-refractivity contribution in [3.05, 3.63) is 181 Å². The summed E-state index contributed by atoms with van der Waals surface area (Å²) in [6.45, 7) is 0. The molecule has 0 fully saturated rings. The molecule has 0 aliphatic carbocycles. The van der Waals surface area contributed by atoms with Crippen LogP contribution in [0.5, 0.6) is 0 Å². The summed E-state index contributed by atoms with van der Waals surface area (Å²) in [5.74, 6) is 0. The van der Waals surface area contributed by atoms with Gasteiger partial charge in [0.2, 0.25) is 0 Å². The SMILES string of the molecule is N#Cc1ccc2c3cc(-c4cccc(-c5nc6c7ccccc7c7ccccc7c6c6c5ccc5ccccc56)c4)ccc3n(-c3ccccc3)c2c1. The van der Waals surface area contributed by atoms with Gasteiger partial charge in [-0.1, -0.05) is 133 Å². The molecule has 3 nitrogen and oxygen atoms in total. The number of fused-ring (bicyclic) bond motifs is 13. The number of para-hydroxylation sites is 1. The highest BCUT2D eigenvalue weighted by Crippen LogP contribution is 2.44. The minimum absolute atomic E-state index is 0.647. The maximum atomic E-state index is 9.76. The third kappa shape index (κ3) is 4.37. The van der Waals surface area contributed by atoms with Gasteiger partial charge in [-0.05, 0) is 80.5 Å². The zero-order valence-electron chi connectivity index (χ0n) is 28.6. The predicted octanol–water partition coefficient (Wildman–Crippen LogP) is 13.2. The van der Waals surface area contributed by atoms with Gasteiger partial charge in [0.25, 0.3) is 0 Å². The molecule has 0 unspecified atom stereocenters. The Labute approximate surface area is 305 Å². The van der Waals surface area contributed by atoms with Gasteiger partial charge < -0.3 is 4.57 Å². The Hall–Kier alpha value is -7.28. The maximum absolute atomic E-state index is 9.76. The molecule has 0 aliphatic rings. The van der Waals surface area contributed by atoms with Crippen molar-refractivity contribution in [1.82, 2.24) is 9.55 Å². The van der Waals surface area contributed by atoms with Crippen LogP contribution < -0.4 is 0 Å². The average molecular weight is 672 g/mol. The lowest BCUT2D eigenvalue weighted by atomic mass is 9.89. The standard InChI is InChI=1S/C50H29N3/c51-30-31-21-24-40-44-29-34(23-26-45(44)53(46(40)27-31)36-14-2-1-3-15-36)33-12-10-13-35(28-33)49-43-25-22-32-11-4-5-16-37(32)47(43)48-41-19-8-6-17-38(41)39-18-7-9-20-42(39)50(48)52-49/h1-29H. The molecule has 0 saturated heterocycles. The fraction of sp³-hybridized carbons (Fsp3) is 0. The van der Waals surface area contributed by atoms with Crippen LogP contribution in [0.25, 0.3) is 104 Å². The maximum Gasteiger partial charge on any atom is 0.0992 e. The molecule has 0 bridgehead atoms. The Bertz CT molecular complexity index is 3340. The summed E-state index contributed by atoms with van der Waals surface area (Å²) in [6, 6.07) is 64.9. The number of aromatic nitrogens is 2. The molecule has 9 aromatic carbocycles. The van der Waals surface area contributed by atoms with E-state index in [2.05, 4.69) is 168 Å². The minimum Gasteiger partial charge on any atom is -0.309 e. The van der Waals surface area contributed by atoms with E-state index >= 15 is 0 Å². The van der Waals surface area contributed by atoms with Crippen molar-refractivity contribution in [2.45, 2.75) is 0 Å². The van der Waals surface area contributed by atoms with E-state index in [0.717, 1.165) is 66.2 Å². The normalized spacial score (nSPS) is 11.8.